The molecular formula is C17H17NO4. The number of hydrogen-bond donors (Lipinski definition) is 1. The fourth-order valence-corrected chi connectivity index (χ4v) is 1.94. The molecular weight excluding hydrogens is 282 g/mol. The second-order valence-electron chi connectivity index (χ2n) is 4.45. The van der Waals surface area contributed by atoms with Crippen molar-refractivity contribution in [1.82, 2.24) is 0 Å². The largest absolute Gasteiger partial charge is 0.494 e. The van der Waals surface area contributed by atoms with Crippen molar-refractivity contribution in [3.63, 3.8) is 0 Å². The maximum atomic E-state index is 12.2. The van der Waals surface area contributed by atoms with Crippen molar-refractivity contribution < 1.29 is 19.1 Å². The van der Waals surface area contributed by atoms with Crippen LogP contribution >= 0.6 is 0 Å². The van der Waals surface area contributed by atoms with E-state index in [0.717, 1.165) is 0 Å². The molecule has 0 heterocycles. The molecule has 0 atom stereocenters. The Labute approximate surface area is 128 Å². The number of benzene rings is 2. The van der Waals surface area contributed by atoms with E-state index in [4.69, 9.17) is 9.47 Å². The number of methoxy groups -OCH3 is 1. The molecule has 0 fully saturated rings. The quantitative estimate of drug-likeness (QED) is 0.862. The zero-order chi connectivity index (χ0) is 15.9. The summed E-state index contributed by atoms with van der Waals surface area (Å²) in [5.74, 6) is -0.101. The first-order valence-electron chi connectivity index (χ1n) is 6.87. The van der Waals surface area contributed by atoms with E-state index in [1.54, 1.807) is 48.5 Å². The van der Waals surface area contributed by atoms with E-state index in [0.29, 0.717) is 29.2 Å². The molecule has 114 valence electrons. The number of para-hydroxylation sites is 1. The SMILES string of the molecule is CCOc1ccc(C(=O)Nc2ccccc2C(=O)OC)cc1. The normalized spacial score (nSPS) is 9.91. The highest BCUT2D eigenvalue weighted by Crippen LogP contribution is 2.18. The summed E-state index contributed by atoms with van der Waals surface area (Å²) in [7, 11) is 1.30. The van der Waals surface area contributed by atoms with E-state index in [1.165, 1.54) is 7.11 Å². The molecule has 0 aliphatic carbocycles. The van der Waals surface area contributed by atoms with Crippen LogP contribution in [0.5, 0.6) is 5.75 Å². The zero-order valence-corrected chi connectivity index (χ0v) is 12.5. The van der Waals surface area contributed by atoms with Gasteiger partial charge in [-0.3, -0.25) is 4.79 Å². The van der Waals surface area contributed by atoms with Gasteiger partial charge in [-0.1, -0.05) is 12.1 Å². The Bertz CT molecular complexity index is 665. The van der Waals surface area contributed by atoms with Crippen LogP contribution in [-0.4, -0.2) is 25.6 Å². The van der Waals surface area contributed by atoms with Crippen LogP contribution < -0.4 is 10.1 Å². The zero-order valence-electron chi connectivity index (χ0n) is 12.5. The molecule has 1 amide bonds. The minimum Gasteiger partial charge on any atom is -0.494 e. The van der Waals surface area contributed by atoms with Crippen LogP contribution in [0.1, 0.15) is 27.6 Å². The van der Waals surface area contributed by atoms with Gasteiger partial charge in [-0.05, 0) is 43.3 Å². The third kappa shape index (κ3) is 3.63. The summed E-state index contributed by atoms with van der Waals surface area (Å²) < 4.78 is 10.0. The lowest BCUT2D eigenvalue weighted by atomic mass is 10.1. The molecule has 1 N–H and O–H groups in total. The van der Waals surface area contributed by atoms with Gasteiger partial charge in [0, 0.05) is 5.56 Å². The predicted molar refractivity (Wildman–Crippen MR) is 83.3 cm³/mol. The summed E-state index contributed by atoms with van der Waals surface area (Å²) in [5.41, 5.74) is 1.20. The van der Waals surface area contributed by atoms with Gasteiger partial charge < -0.3 is 14.8 Å². The minimum atomic E-state index is -0.498. The van der Waals surface area contributed by atoms with Gasteiger partial charge in [-0.25, -0.2) is 4.79 Å². The summed E-state index contributed by atoms with van der Waals surface area (Å²) in [4.78, 5) is 23.9. The van der Waals surface area contributed by atoms with Crippen LogP contribution in [0.15, 0.2) is 48.5 Å². The highest BCUT2D eigenvalue weighted by atomic mass is 16.5. The van der Waals surface area contributed by atoms with E-state index in [2.05, 4.69) is 5.32 Å². The van der Waals surface area contributed by atoms with Gasteiger partial charge in [0.25, 0.3) is 5.91 Å². The van der Waals surface area contributed by atoms with E-state index >= 15 is 0 Å². The number of amides is 1. The molecule has 2 aromatic carbocycles. The van der Waals surface area contributed by atoms with Gasteiger partial charge >= 0.3 is 5.97 Å². The lowest BCUT2D eigenvalue weighted by Crippen LogP contribution is -2.15. The molecule has 0 aromatic heterocycles. The molecule has 0 radical (unpaired) electrons. The monoisotopic (exact) mass is 299 g/mol. The van der Waals surface area contributed by atoms with Crippen LogP contribution in [-0.2, 0) is 4.74 Å². The third-order valence-electron chi connectivity index (χ3n) is 3.01. The number of rotatable bonds is 5. The Morgan fingerprint density at radius 3 is 2.36 bits per heavy atom. The fraction of sp³-hybridized carbons (Fsp3) is 0.176. The van der Waals surface area contributed by atoms with Crippen molar-refractivity contribution in [2.45, 2.75) is 6.92 Å². The van der Waals surface area contributed by atoms with Gasteiger partial charge in [0.05, 0.1) is 25.0 Å². The molecule has 2 aromatic rings. The average molecular weight is 299 g/mol. The van der Waals surface area contributed by atoms with Crippen molar-refractivity contribution >= 4 is 17.6 Å². The summed E-state index contributed by atoms with van der Waals surface area (Å²) in [6.07, 6.45) is 0. The second-order valence-corrected chi connectivity index (χ2v) is 4.45. The van der Waals surface area contributed by atoms with Crippen molar-refractivity contribution in [2.24, 2.45) is 0 Å². The second kappa shape index (κ2) is 7.26. The first-order valence-corrected chi connectivity index (χ1v) is 6.87. The molecule has 0 saturated heterocycles. The lowest BCUT2D eigenvalue weighted by Gasteiger charge is -2.10. The van der Waals surface area contributed by atoms with Gasteiger partial charge in [-0.2, -0.15) is 0 Å². The van der Waals surface area contributed by atoms with Crippen LogP contribution in [0.3, 0.4) is 0 Å². The molecule has 0 aliphatic heterocycles. The summed E-state index contributed by atoms with van der Waals surface area (Å²) in [6.45, 7) is 2.46. The Balaban J connectivity index is 2.17. The first kappa shape index (κ1) is 15.6. The van der Waals surface area contributed by atoms with Crippen LogP contribution in [0.25, 0.3) is 0 Å². The average Bonchev–Trinajstić information content (AvgIpc) is 2.55. The predicted octanol–water partition coefficient (Wildman–Crippen LogP) is 3.12. The molecule has 0 spiro atoms. The number of esters is 1. The molecule has 0 unspecified atom stereocenters. The van der Waals surface area contributed by atoms with E-state index in [-0.39, 0.29) is 5.91 Å². The van der Waals surface area contributed by atoms with Crippen molar-refractivity contribution in [2.75, 3.05) is 19.0 Å². The van der Waals surface area contributed by atoms with Gasteiger partial charge in [-0.15, -0.1) is 0 Å². The number of carbonyl (C=O) groups excluding carboxylic acids is 2. The Morgan fingerprint density at radius 1 is 1.05 bits per heavy atom. The Morgan fingerprint density at radius 2 is 1.73 bits per heavy atom. The first-order chi connectivity index (χ1) is 10.7. The molecule has 22 heavy (non-hydrogen) atoms. The maximum Gasteiger partial charge on any atom is 0.339 e. The minimum absolute atomic E-state index is 0.306. The topological polar surface area (TPSA) is 64.6 Å². The van der Waals surface area contributed by atoms with E-state index in [9.17, 15) is 9.59 Å². The van der Waals surface area contributed by atoms with Crippen molar-refractivity contribution in [3.8, 4) is 5.75 Å². The summed E-state index contributed by atoms with van der Waals surface area (Å²) in [5, 5.41) is 2.71. The van der Waals surface area contributed by atoms with Gasteiger partial charge in [0.1, 0.15) is 5.75 Å². The van der Waals surface area contributed by atoms with Crippen LogP contribution in [0.2, 0.25) is 0 Å². The molecule has 0 saturated carbocycles. The highest BCUT2D eigenvalue weighted by Gasteiger charge is 2.14. The molecule has 0 bridgehead atoms. The maximum absolute atomic E-state index is 12.2. The van der Waals surface area contributed by atoms with Gasteiger partial charge in [0.2, 0.25) is 0 Å². The Hall–Kier alpha value is -2.82. The standard InChI is InChI=1S/C17H17NO4/c1-3-22-13-10-8-12(9-11-13)16(19)18-15-7-5-4-6-14(15)17(20)21-2/h4-11H,3H2,1-2H3,(H,18,19). The van der Waals surface area contributed by atoms with E-state index in [1.807, 2.05) is 6.92 Å². The number of nitrogens with one attached hydrogen (secondary N) is 1. The number of ether oxygens (including phenoxy) is 2. The lowest BCUT2D eigenvalue weighted by molar-refractivity contribution is 0.0602. The van der Waals surface area contributed by atoms with Crippen LogP contribution in [0, 0.1) is 0 Å². The fourth-order valence-electron chi connectivity index (χ4n) is 1.94. The number of anilines is 1. The number of carbonyl (C=O) groups is 2. The third-order valence-corrected chi connectivity index (χ3v) is 3.01. The van der Waals surface area contributed by atoms with E-state index < -0.39 is 5.97 Å². The Kier molecular flexibility index (Phi) is 5.14. The summed E-state index contributed by atoms with van der Waals surface area (Å²) in [6, 6.07) is 13.5. The van der Waals surface area contributed by atoms with Crippen molar-refractivity contribution in [3.05, 3.63) is 59.7 Å². The van der Waals surface area contributed by atoms with Crippen LogP contribution in [0.4, 0.5) is 5.69 Å². The number of hydrogen-bond acceptors (Lipinski definition) is 4. The van der Waals surface area contributed by atoms with Crippen molar-refractivity contribution in [1.29, 1.82) is 0 Å². The smallest absolute Gasteiger partial charge is 0.339 e. The summed E-state index contributed by atoms with van der Waals surface area (Å²) >= 11 is 0. The molecule has 2 rings (SSSR count). The van der Waals surface area contributed by atoms with Gasteiger partial charge in [0.15, 0.2) is 0 Å². The molecule has 0 aliphatic rings. The highest BCUT2D eigenvalue weighted by molar-refractivity contribution is 6.08. The molecule has 5 nitrogen and oxygen atoms in total. The molecule has 5 heteroatoms.